The van der Waals surface area contributed by atoms with Crippen LogP contribution >= 0.6 is 0 Å². The zero-order valence-electron chi connectivity index (χ0n) is 15.9. The van der Waals surface area contributed by atoms with Crippen LogP contribution in [-0.4, -0.2) is 12.0 Å². The molecule has 0 aliphatic carbocycles. The molecule has 0 aliphatic heterocycles. The number of aryl methyl sites for hydroxylation is 2. The minimum Gasteiger partial charge on any atom is -0.480 e. The van der Waals surface area contributed by atoms with Gasteiger partial charge in [0.15, 0.2) is 6.10 Å². The maximum Gasteiger partial charge on any atom is 0.265 e. The molecule has 2 unspecified atom stereocenters. The Kier molecular flexibility index (Phi) is 6.63. The molecule has 0 bridgehead atoms. The number of para-hydroxylation sites is 2. The van der Waals surface area contributed by atoms with Crippen molar-refractivity contribution >= 4 is 11.6 Å². The molecule has 3 nitrogen and oxygen atoms in total. The Morgan fingerprint density at radius 2 is 1.64 bits per heavy atom. The highest BCUT2D eigenvalue weighted by Gasteiger charge is 2.21. The lowest BCUT2D eigenvalue weighted by Gasteiger charge is -2.22. The van der Waals surface area contributed by atoms with Gasteiger partial charge < -0.3 is 10.1 Å². The average molecular weight is 339 g/mol. The number of hydrogen-bond donors (Lipinski definition) is 1. The first-order valence-corrected chi connectivity index (χ1v) is 9.10. The number of carbonyl (C=O) groups excluding carboxylic acids is 1. The van der Waals surface area contributed by atoms with Crippen molar-refractivity contribution in [1.29, 1.82) is 0 Å². The van der Waals surface area contributed by atoms with Crippen LogP contribution in [0.1, 0.15) is 56.2 Å². The lowest BCUT2D eigenvalue weighted by atomic mass is 9.98. The third kappa shape index (κ3) is 4.62. The van der Waals surface area contributed by atoms with Gasteiger partial charge in [0.05, 0.1) is 0 Å². The minimum absolute atomic E-state index is 0.0983. The second-order valence-corrected chi connectivity index (χ2v) is 6.62. The summed E-state index contributed by atoms with van der Waals surface area (Å²) in [7, 11) is 0. The molecule has 2 aromatic carbocycles. The molecular formula is C22H29NO2. The Hall–Kier alpha value is -2.29. The highest BCUT2D eigenvalue weighted by atomic mass is 16.5. The van der Waals surface area contributed by atoms with Crippen LogP contribution in [0.3, 0.4) is 0 Å². The van der Waals surface area contributed by atoms with Gasteiger partial charge in [-0.1, -0.05) is 57.2 Å². The van der Waals surface area contributed by atoms with Crippen LogP contribution in [0.5, 0.6) is 5.75 Å². The first-order chi connectivity index (χ1) is 12.0. The summed E-state index contributed by atoms with van der Waals surface area (Å²) in [6.07, 6.45) is 1.14. The van der Waals surface area contributed by atoms with Crippen LogP contribution in [0, 0.1) is 13.8 Å². The largest absolute Gasteiger partial charge is 0.480 e. The van der Waals surface area contributed by atoms with E-state index >= 15 is 0 Å². The fraction of sp³-hybridized carbons (Fsp3) is 0.409. The molecule has 1 amide bonds. The maximum absolute atomic E-state index is 12.8. The Morgan fingerprint density at radius 3 is 2.24 bits per heavy atom. The van der Waals surface area contributed by atoms with Crippen molar-refractivity contribution in [1.82, 2.24) is 0 Å². The zero-order chi connectivity index (χ0) is 18.4. The predicted octanol–water partition coefficient (Wildman–Crippen LogP) is 5.61. The average Bonchev–Trinajstić information content (AvgIpc) is 2.62. The van der Waals surface area contributed by atoms with Crippen LogP contribution in [-0.2, 0) is 4.79 Å². The van der Waals surface area contributed by atoms with Crippen molar-refractivity contribution in [3.05, 3.63) is 59.2 Å². The number of benzene rings is 2. The molecule has 2 atom stereocenters. The van der Waals surface area contributed by atoms with Gasteiger partial charge in [-0.3, -0.25) is 4.79 Å². The zero-order valence-corrected chi connectivity index (χ0v) is 15.9. The van der Waals surface area contributed by atoms with Gasteiger partial charge >= 0.3 is 0 Å². The summed E-state index contributed by atoms with van der Waals surface area (Å²) >= 11 is 0. The van der Waals surface area contributed by atoms with Gasteiger partial charge in [-0.25, -0.2) is 0 Å². The quantitative estimate of drug-likeness (QED) is 0.711. The lowest BCUT2D eigenvalue weighted by Crippen LogP contribution is -2.33. The number of hydrogen-bond acceptors (Lipinski definition) is 2. The second kappa shape index (κ2) is 8.70. The van der Waals surface area contributed by atoms with E-state index in [2.05, 4.69) is 25.2 Å². The summed E-state index contributed by atoms with van der Waals surface area (Å²) in [6, 6.07) is 14.0. The van der Waals surface area contributed by atoms with E-state index in [-0.39, 0.29) is 5.91 Å². The number of amides is 1. The number of nitrogens with one attached hydrogen (secondary N) is 1. The molecule has 0 spiro atoms. The maximum atomic E-state index is 12.8. The summed E-state index contributed by atoms with van der Waals surface area (Å²) in [5.74, 6) is 1.11. The molecule has 0 fully saturated rings. The summed E-state index contributed by atoms with van der Waals surface area (Å²) in [5, 5.41) is 3.05. The van der Waals surface area contributed by atoms with E-state index in [1.807, 2.05) is 57.2 Å². The van der Waals surface area contributed by atoms with E-state index < -0.39 is 6.10 Å². The molecule has 0 saturated heterocycles. The van der Waals surface area contributed by atoms with Crippen LogP contribution in [0.25, 0.3) is 0 Å². The number of rotatable bonds is 7. The first kappa shape index (κ1) is 19.0. The number of ether oxygens (including phenoxy) is 1. The Bertz CT molecular complexity index is 703. The summed E-state index contributed by atoms with van der Waals surface area (Å²) in [4.78, 5) is 12.8. The third-order valence-electron chi connectivity index (χ3n) is 4.72. The number of anilines is 1. The highest BCUT2D eigenvalue weighted by Crippen LogP contribution is 2.30. The van der Waals surface area contributed by atoms with Crippen LogP contribution in [0.15, 0.2) is 42.5 Å². The van der Waals surface area contributed by atoms with Gasteiger partial charge in [0.2, 0.25) is 0 Å². The molecule has 1 N–H and O–H groups in total. The van der Waals surface area contributed by atoms with E-state index in [1.54, 1.807) is 0 Å². The van der Waals surface area contributed by atoms with Crippen molar-refractivity contribution in [2.24, 2.45) is 0 Å². The lowest BCUT2D eigenvalue weighted by molar-refractivity contribution is -0.122. The predicted molar refractivity (Wildman–Crippen MR) is 104 cm³/mol. The summed E-state index contributed by atoms with van der Waals surface area (Å²) < 4.78 is 6.12. The van der Waals surface area contributed by atoms with E-state index in [0.717, 1.165) is 34.5 Å². The molecule has 2 rings (SSSR count). The molecule has 0 heterocycles. The molecule has 0 saturated carbocycles. The molecule has 0 aliphatic rings. The first-order valence-electron chi connectivity index (χ1n) is 9.10. The van der Waals surface area contributed by atoms with Crippen molar-refractivity contribution in [3.8, 4) is 5.75 Å². The fourth-order valence-electron chi connectivity index (χ4n) is 2.91. The van der Waals surface area contributed by atoms with Crippen molar-refractivity contribution < 1.29 is 9.53 Å². The van der Waals surface area contributed by atoms with Gasteiger partial charge in [0.25, 0.3) is 5.91 Å². The topological polar surface area (TPSA) is 38.3 Å². The minimum atomic E-state index is -0.510. The Labute approximate surface area is 151 Å². The van der Waals surface area contributed by atoms with Crippen molar-refractivity contribution in [2.45, 2.75) is 59.5 Å². The highest BCUT2D eigenvalue weighted by molar-refractivity contribution is 5.95. The van der Waals surface area contributed by atoms with E-state index in [9.17, 15) is 4.79 Å². The SMILES string of the molecule is CCC(Oc1ccccc1C(C)CC)C(=O)Nc1c(C)cccc1C. The molecule has 3 heteroatoms. The smallest absolute Gasteiger partial charge is 0.265 e. The fourth-order valence-corrected chi connectivity index (χ4v) is 2.91. The second-order valence-electron chi connectivity index (χ2n) is 6.62. The van der Waals surface area contributed by atoms with E-state index in [0.29, 0.717) is 12.3 Å². The van der Waals surface area contributed by atoms with Gasteiger partial charge in [0, 0.05) is 5.69 Å². The Balaban J connectivity index is 2.19. The third-order valence-corrected chi connectivity index (χ3v) is 4.72. The van der Waals surface area contributed by atoms with Crippen LogP contribution < -0.4 is 10.1 Å². The molecule has 0 aromatic heterocycles. The van der Waals surface area contributed by atoms with Crippen molar-refractivity contribution in [2.75, 3.05) is 5.32 Å². The molecule has 25 heavy (non-hydrogen) atoms. The normalized spacial score (nSPS) is 13.2. The van der Waals surface area contributed by atoms with Gasteiger partial charge in [-0.15, -0.1) is 0 Å². The molecule has 134 valence electrons. The van der Waals surface area contributed by atoms with E-state index in [1.165, 1.54) is 0 Å². The van der Waals surface area contributed by atoms with Crippen LogP contribution in [0.2, 0.25) is 0 Å². The van der Waals surface area contributed by atoms with Gasteiger partial charge in [0.1, 0.15) is 5.75 Å². The number of carbonyl (C=O) groups is 1. The van der Waals surface area contributed by atoms with Gasteiger partial charge in [-0.2, -0.15) is 0 Å². The van der Waals surface area contributed by atoms with Crippen molar-refractivity contribution in [3.63, 3.8) is 0 Å². The Morgan fingerprint density at radius 1 is 1.00 bits per heavy atom. The standard InChI is InChI=1S/C22H29NO2/c1-6-15(3)18-13-8-9-14-20(18)25-19(7-2)22(24)23-21-16(4)11-10-12-17(21)5/h8-15,19H,6-7H2,1-5H3,(H,23,24). The monoisotopic (exact) mass is 339 g/mol. The summed E-state index contributed by atoms with van der Waals surface area (Å²) in [6.45, 7) is 10.3. The van der Waals surface area contributed by atoms with E-state index in [4.69, 9.17) is 4.74 Å². The summed E-state index contributed by atoms with van der Waals surface area (Å²) in [5.41, 5.74) is 4.15. The molecule has 2 aromatic rings. The van der Waals surface area contributed by atoms with Gasteiger partial charge in [-0.05, 0) is 55.4 Å². The van der Waals surface area contributed by atoms with Crippen LogP contribution in [0.4, 0.5) is 5.69 Å². The molecule has 0 radical (unpaired) electrons. The molecular weight excluding hydrogens is 310 g/mol.